The molecule has 1 atom stereocenters. The van der Waals surface area contributed by atoms with Gasteiger partial charge in [0.1, 0.15) is 11.6 Å². The van der Waals surface area contributed by atoms with E-state index in [0.29, 0.717) is 5.75 Å². The van der Waals surface area contributed by atoms with Gasteiger partial charge in [-0.05, 0) is 30.2 Å². The smallest absolute Gasteiger partial charge is 0.123 e. The Morgan fingerprint density at radius 2 is 1.89 bits per heavy atom. The first-order valence-corrected chi connectivity index (χ1v) is 6.63. The van der Waals surface area contributed by atoms with E-state index < -0.39 is 0 Å². The average Bonchev–Trinajstić information content (AvgIpc) is 2.40. The third kappa shape index (κ3) is 3.10. The lowest BCUT2D eigenvalue weighted by Gasteiger charge is -2.14. The maximum Gasteiger partial charge on any atom is 0.123 e. The van der Waals surface area contributed by atoms with Crippen LogP contribution >= 0.6 is 15.9 Å². The van der Waals surface area contributed by atoms with E-state index in [1.807, 2.05) is 18.2 Å². The summed E-state index contributed by atoms with van der Waals surface area (Å²) in [5.41, 5.74) is 2.03. The Morgan fingerprint density at radius 1 is 1.17 bits per heavy atom. The average molecular weight is 309 g/mol. The second kappa shape index (κ2) is 6.01. The molecule has 2 aromatic rings. The van der Waals surface area contributed by atoms with Gasteiger partial charge in [-0.2, -0.15) is 0 Å². The maximum atomic E-state index is 13.3. The van der Waals surface area contributed by atoms with Gasteiger partial charge in [-0.3, -0.25) is 0 Å². The monoisotopic (exact) mass is 308 g/mol. The minimum Gasteiger partial charge on any atom is -0.496 e. The summed E-state index contributed by atoms with van der Waals surface area (Å²) in [6.07, 6.45) is 0.792. The van der Waals surface area contributed by atoms with Crippen molar-refractivity contribution in [1.82, 2.24) is 0 Å². The lowest BCUT2D eigenvalue weighted by atomic mass is 10.0. The van der Waals surface area contributed by atoms with E-state index in [-0.39, 0.29) is 10.6 Å². The van der Waals surface area contributed by atoms with Gasteiger partial charge in [0.2, 0.25) is 0 Å². The number of methoxy groups -OCH3 is 1. The van der Waals surface area contributed by atoms with Crippen molar-refractivity contribution in [3.63, 3.8) is 0 Å². The van der Waals surface area contributed by atoms with Gasteiger partial charge in [-0.25, -0.2) is 4.39 Å². The summed E-state index contributed by atoms with van der Waals surface area (Å²) < 4.78 is 18.6. The number of ether oxygens (including phenoxy) is 1. The molecule has 0 saturated carbocycles. The second-order valence-electron chi connectivity index (χ2n) is 4.04. The topological polar surface area (TPSA) is 9.23 Å². The van der Waals surface area contributed by atoms with Gasteiger partial charge in [0.25, 0.3) is 0 Å². The molecule has 0 aliphatic rings. The number of halogens is 2. The lowest BCUT2D eigenvalue weighted by molar-refractivity contribution is 0.408. The number of hydrogen-bond donors (Lipinski definition) is 0. The highest BCUT2D eigenvalue weighted by molar-refractivity contribution is 9.09. The van der Waals surface area contributed by atoms with Gasteiger partial charge in [0.15, 0.2) is 0 Å². The number of alkyl halides is 1. The van der Waals surface area contributed by atoms with Gasteiger partial charge in [-0.15, -0.1) is 0 Å². The molecule has 0 bridgehead atoms. The third-order valence-corrected chi connectivity index (χ3v) is 3.60. The molecule has 0 N–H and O–H groups in total. The Balaban J connectivity index is 2.23. The summed E-state index contributed by atoms with van der Waals surface area (Å²) >= 11 is 3.60. The Labute approximate surface area is 115 Å². The van der Waals surface area contributed by atoms with Gasteiger partial charge in [-0.1, -0.05) is 46.3 Å². The highest BCUT2D eigenvalue weighted by atomic mass is 79.9. The predicted octanol–water partition coefficient (Wildman–Crippen LogP) is 4.51. The molecule has 0 amide bonds. The van der Waals surface area contributed by atoms with Crippen LogP contribution in [0.3, 0.4) is 0 Å². The minimum atomic E-state index is -0.247. The lowest BCUT2D eigenvalue weighted by Crippen LogP contribution is -1.99. The van der Waals surface area contributed by atoms with Crippen molar-refractivity contribution in [2.45, 2.75) is 11.2 Å². The second-order valence-corrected chi connectivity index (χ2v) is 5.15. The van der Waals surface area contributed by atoms with Crippen molar-refractivity contribution in [3.8, 4) is 5.75 Å². The van der Waals surface area contributed by atoms with Crippen molar-refractivity contribution in [1.29, 1.82) is 0 Å². The summed E-state index contributed by atoms with van der Waals surface area (Å²) in [4.78, 5) is 0.0329. The van der Waals surface area contributed by atoms with Crippen LogP contribution in [0.2, 0.25) is 0 Å². The van der Waals surface area contributed by atoms with Crippen LogP contribution in [0.15, 0.2) is 48.5 Å². The first kappa shape index (κ1) is 13.1. The van der Waals surface area contributed by atoms with Crippen LogP contribution in [-0.4, -0.2) is 7.11 Å². The first-order valence-electron chi connectivity index (χ1n) is 5.72. The summed E-state index contributed by atoms with van der Waals surface area (Å²) in [5.74, 6) is 0.456. The first-order chi connectivity index (χ1) is 8.70. The van der Waals surface area contributed by atoms with Gasteiger partial charge in [0, 0.05) is 10.4 Å². The molecule has 0 aliphatic heterocycles. The van der Waals surface area contributed by atoms with Crippen molar-refractivity contribution >= 4 is 15.9 Å². The van der Waals surface area contributed by atoms with Crippen LogP contribution < -0.4 is 4.74 Å². The predicted molar refractivity (Wildman–Crippen MR) is 74.8 cm³/mol. The Bertz CT molecular complexity index is 513. The zero-order valence-corrected chi connectivity index (χ0v) is 11.7. The standard InChI is InChI=1S/C15H14BrFO/c1-18-15-8-7-12(17)10-13(15)14(16)9-11-5-3-2-4-6-11/h2-8,10,14H,9H2,1H3. The fourth-order valence-corrected chi connectivity index (χ4v) is 2.61. The minimum absolute atomic E-state index is 0.0329. The van der Waals surface area contributed by atoms with Crippen molar-refractivity contribution in [2.24, 2.45) is 0 Å². The van der Waals surface area contributed by atoms with E-state index >= 15 is 0 Å². The Hall–Kier alpha value is -1.35. The summed E-state index contributed by atoms with van der Waals surface area (Å²) in [6.45, 7) is 0. The van der Waals surface area contributed by atoms with E-state index in [0.717, 1.165) is 12.0 Å². The maximum absolute atomic E-state index is 13.3. The molecule has 0 fully saturated rings. The highest BCUT2D eigenvalue weighted by Crippen LogP contribution is 2.34. The molecule has 0 aromatic heterocycles. The van der Waals surface area contributed by atoms with Crippen molar-refractivity contribution in [2.75, 3.05) is 7.11 Å². The molecule has 1 nitrogen and oxygen atoms in total. The molecule has 0 heterocycles. The molecule has 3 heteroatoms. The normalized spacial score (nSPS) is 12.2. The Kier molecular flexibility index (Phi) is 4.37. The Morgan fingerprint density at radius 3 is 2.56 bits per heavy atom. The number of benzene rings is 2. The SMILES string of the molecule is COc1ccc(F)cc1C(Br)Cc1ccccc1. The van der Waals surface area contributed by atoms with Gasteiger partial charge in [0.05, 0.1) is 7.11 Å². The molecule has 0 aliphatic carbocycles. The summed E-state index contributed by atoms with van der Waals surface area (Å²) in [6, 6.07) is 14.7. The fraction of sp³-hybridized carbons (Fsp3) is 0.200. The largest absolute Gasteiger partial charge is 0.496 e. The fourth-order valence-electron chi connectivity index (χ4n) is 1.88. The van der Waals surface area contributed by atoms with Crippen molar-refractivity contribution < 1.29 is 9.13 Å². The molecule has 2 aromatic carbocycles. The van der Waals surface area contributed by atoms with Crippen molar-refractivity contribution in [3.05, 3.63) is 65.5 Å². The van der Waals surface area contributed by atoms with Crippen LogP contribution in [0.4, 0.5) is 4.39 Å². The number of hydrogen-bond acceptors (Lipinski definition) is 1. The molecular formula is C15H14BrFO. The van der Waals surface area contributed by atoms with Crippen LogP contribution in [0.25, 0.3) is 0 Å². The molecular weight excluding hydrogens is 295 g/mol. The summed E-state index contributed by atoms with van der Waals surface area (Å²) in [5, 5.41) is 0. The van der Waals surface area contributed by atoms with Crippen LogP contribution in [0, 0.1) is 5.82 Å². The zero-order chi connectivity index (χ0) is 13.0. The molecule has 18 heavy (non-hydrogen) atoms. The van der Waals surface area contributed by atoms with E-state index in [1.165, 1.54) is 17.7 Å². The quantitative estimate of drug-likeness (QED) is 0.755. The highest BCUT2D eigenvalue weighted by Gasteiger charge is 2.14. The third-order valence-electron chi connectivity index (χ3n) is 2.79. The van der Waals surface area contributed by atoms with Gasteiger partial charge >= 0.3 is 0 Å². The molecule has 0 radical (unpaired) electrons. The molecule has 94 valence electrons. The van der Waals surface area contributed by atoms with Gasteiger partial charge < -0.3 is 4.74 Å². The van der Waals surface area contributed by atoms with Crippen LogP contribution in [0.1, 0.15) is 16.0 Å². The zero-order valence-electron chi connectivity index (χ0n) is 10.1. The number of rotatable bonds is 4. The van der Waals surface area contributed by atoms with E-state index in [1.54, 1.807) is 13.2 Å². The van der Waals surface area contributed by atoms with E-state index in [4.69, 9.17) is 4.74 Å². The van der Waals surface area contributed by atoms with E-state index in [9.17, 15) is 4.39 Å². The molecule has 0 spiro atoms. The van der Waals surface area contributed by atoms with Crippen LogP contribution in [0.5, 0.6) is 5.75 Å². The van der Waals surface area contributed by atoms with Crippen LogP contribution in [-0.2, 0) is 6.42 Å². The molecule has 2 rings (SSSR count). The summed E-state index contributed by atoms with van der Waals surface area (Å²) in [7, 11) is 1.60. The molecule has 1 unspecified atom stereocenters. The van der Waals surface area contributed by atoms with E-state index in [2.05, 4.69) is 28.1 Å². The molecule has 0 saturated heterocycles.